The van der Waals surface area contributed by atoms with E-state index in [4.69, 9.17) is 9.47 Å². The molecule has 5 rings (SSSR count). The Morgan fingerprint density at radius 1 is 1.08 bits per heavy atom. The number of aliphatic imine (C=N–C) groups is 1. The number of carbonyl (C=O) groups excluding carboxylic acids is 2. The Morgan fingerprint density at radius 3 is 2.67 bits per heavy atom. The molecule has 0 radical (unpaired) electrons. The smallest absolute Gasteiger partial charge is 0.365 e. The van der Waals surface area contributed by atoms with Crippen LogP contribution in [0.1, 0.15) is 18.4 Å². The van der Waals surface area contributed by atoms with Crippen molar-refractivity contribution >= 4 is 34.4 Å². The number of nitrogens with one attached hydrogen (secondary N) is 2. The number of cyclic esters (lactones) is 1. The van der Waals surface area contributed by atoms with Crippen molar-refractivity contribution in [1.82, 2.24) is 10.2 Å². The van der Waals surface area contributed by atoms with E-state index < -0.39 is 5.97 Å². The van der Waals surface area contributed by atoms with Crippen molar-refractivity contribution in [1.29, 1.82) is 0 Å². The third-order valence-electron chi connectivity index (χ3n) is 6.50. The summed E-state index contributed by atoms with van der Waals surface area (Å²) >= 11 is 0. The number of hydrogen-bond donors (Lipinski definition) is 2. The zero-order valence-corrected chi connectivity index (χ0v) is 20.1. The number of amides is 2. The molecule has 2 heterocycles. The maximum atomic E-state index is 12.5. The lowest BCUT2D eigenvalue weighted by Crippen LogP contribution is -2.38. The molecule has 1 saturated heterocycles. The minimum atomic E-state index is -0.435. The van der Waals surface area contributed by atoms with Crippen molar-refractivity contribution in [3.8, 4) is 5.75 Å². The average Bonchev–Trinajstić information content (AvgIpc) is 3.27. The van der Waals surface area contributed by atoms with Gasteiger partial charge in [0.05, 0.1) is 12.8 Å². The first-order valence-electron chi connectivity index (χ1n) is 12.0. The van der Waals surface area contributed by atoms with Gasteiger partial charge in [-0.25, -0.2) is 14.6 Å². The largest absolute Gasteiger partial charge is 0.495 e. The van der Waals surface area contributed by atoms with Gasteiger partial charge in [0.25, 0.3) is 0 Å². The van der Waals surface area contributed by atoms with E-state index in [1.165, 1.54) is 0 Å². The van der Waals surface area contributed by atoms with Gasteiger partial charge in [-0.15, -0.1) is 0 Å². The number of piperidine rings is 1. The lowest BCUT2D eigenvalue weighted by Gasteiger charge is -2.31. The molecule has 8 nitrogen and oxygen atoms in total. The van der Waals surface area contributed by atoms with Gasteiger partial charge in [-0.1, -0.05) is 48.5 Å². The highest BCUT2D eigenvalue weighted by atomic mass is 16.6. The fourth-order valence-corrected chi connectivity index (χ4v) is 4.54. The number of methoxy groups -OCH3 is 1. The molecule has 36 heavy (non-hydrogen) atoms. The number of ether oxygens (including phenoxy) is 2. The quantitative estimate of drug-likeness (QED) is 0.396. The summed E-state index contributed by atoms with van der Waals surface area (Å²) < 4.78 is 10.8. The zero-order chi connectivity index (χ0) is 24.9. The van der Waals surface area contributed by atoms with Crippen LogP contribution in [0.2, 0.25) is 0 Å². The maximum absolute atomic E-state index is 12.5. The molecule has 0 bridgehead atoms. The van der Waals surface area contributed by atoms with Gasteiger partial charge in [-0.3, -0.25) is 0 Å². The van der Waals surface area contributed by atoms with Gasteiger partial charge < -0.3 is 25.0 Å². The number of esters is 1. The number of fused-ring (bicyclic) bond motifs is 1. The fourth-order valence-electron chi connectivity index (χ4n) is 4.54. The summed E-state index contributed by atoms with van der Waals surface area (Å²) in [4.78, 5) is 31.4. The Balaban J connectivity index is 1.15. The Kier molecular flexibility index (Phi) is 6.84. The minimum absolute atomic E-state index is 0.256. The molecule has 184 valence electrons. The third-order valence-corrected chi connectivity index (χ3v) is 6.50. The van der Waals surface area contributed by atoms with Crippen LogP contribution in [-0.2, 0) is 9.53 Å². The molecule has 0 unspecified atom stereocenters. The monoisotopic (exact) mass is 484 g/mol. The number of benzene rings is 3. The van der Waals surface area contributed by atoms with Gasteiger partial charge in [0, 0.05) is 31.4 Å². The van der Waals surface area contributed by atoms with Gasteiger partial charge in [-0.05, 0) is 47.7 Å². The Labute approximate surface area is 209 Å². The fraction of sp³-hybridized carbons (Fsp3) is 0.250. The normalized spacial score (nSPS) is 17.1. The van der Waals surface area contributed by atoms with Gasteiger partial charge in [0.2, 0.25) is 5.90 Å². The average molecular weight is 485 g/mol. The molecule has 8 heteroatoms. The number of hydrogen-bond acceptors (Lipinski definition) is 6. The summed E-state index contributed by atoms with van der Waals surface area (Å²) in [7, 11) is 1.57. The second-order valence-corrected chi connectivity index (χ2v) is 8.86. The number of anilines is 1. The van der Waals surface area contributed by atoms with Gasteiger partial charge in [0.15, 0.2) is 5.70 Å². The van der Waals surface area contributed by atoms with Crippen LogP contribution < -0.4 is 15.4 Å². The molecule has 0 aromatic heterocycles. The second-order valence-electron chi connectivity index (χ2n) is 8.86. The summed E-state index contributed by atoms with van der Waals surface area (Å²) in [5.74, 6) is 0.872. The van der Waals surface area contributed by atoms with E-state index in [9.17, 15) is 9.59 Å². The number of carbonyl (C=O) groups is 2. The molecule has 1 fully saturated rings. The summed E-state index contributed by atoms with van der Waals surface area (Å²) in [5.41, 5.74) is 1.75. The van der Waals surface area contributed by atoms with E-state index in [1.807, 2.05) is 54.6 Å². The number of para-hydroxylation sites is 2. The van der Waals surface area contributed by atoms with Crippen LogP contribution in [-0.4, -0.2) is 49.5 Å². The summed E-state index contributed by atoms with van der Waals surface area (Å²) in [6, 6.07) is 20.9. The molecule has 0 atom stereocenters. The van der Waals surface area contributed by atoms with Crippen LogP contribution in [0, 0.1) is 5.92 Å². The van der Waals surface area contributed by atoms with Crippen molar-refractivity contribution in [2.24, 2.45) is 10.9 Å². The summed E-state index contributed by atoms with van der Waals surface area (Å²) in [6.07, 6.45) is 3.58. The molecule has 2 N–H and O–H groups in total. The molecular formula is C28H28N4O4. The topological polar surface area (TPSA) is 92.3 Å². The number of nitrogens with zero attached hydrogens (tertiary/aromatic N) is 2. The Morgan fingerprint density at radius 2 is 1.83 bits per heavy atom. The number of likely N-dealkylation sites (tertiary alicyclic amines) is 1. The van der Waals surface area contributed by atoms with Gasteiger partial charge >= 0.3 is 12.0 Å². The molecule has 3 aromatic carbocycles. The minimum Gasteiger partial charge on any atom is -0.495 e. The van der Waals surface area contributed by atoms with Crippen molar-refractivity contribution in [2.75, 3.05) is 32.1 Å². The molecule has 2 aliphatic heterocycles. The van der Waals surface area contributed by atoms with E-state index in [1.54, 1.807) is 25.4 Å². The van der Waals surface area contributed by atoms with Crippen LogP contribution >= 0.6 is 0 Å². The van der Waals surface area contributed by atoms with Crippen molar-refractivity contribution in [2.45, 2.75) is 12.8 Å². The molecular weight excluding hydrogens is 456 g/mol. The van der Waals surface area contributed by atoms with E-state index in [2.05, 4.69) is 20.5 Å². The predicted molar refractivity (Wildman–Crippen MR) is 139 cm³/mol. The van der Waals surface area contributed by atoms with Crippen molar-refractivity contribution in [3.05, 3.63) is 84.2 Å². The number of urea groups is 1. The zero-order valence-electron chi connectivity index (χ0n) is 20.1. The third kappa shape index (κ3) is 5.17. The summed E-state index contributed by atoms with van der Waals surface area (Å²) in [6.45, 7) is 2.13. The summed E-state index contributed by atoms with van der Waals surface area (Å²) in [5, 5.41) is 7.84. The highest BCUT2D eigenvalue weighted by Gasteiger charge is 2.27. The van der Waals surface area contributed by atoms with Crippen LogP contribution in [0.3, 0.4) is 0 Å². The second kappa shape index (κ2) is 10.5. The first-order valence-corrected chi connectivity index (χ1v) is 12.0. The van der Waals surface area contributed by atoms with E-state index in [-0.39, 0.29) is 6.03 Å². The number of rotatable bonds is 6. The lowest BCUT2D eigenvalue weighted by molar-refractivity contribution is -0.130. The van der Waals surface area contributed by atoms with Crippen molar-refractivity contribution in [3.63, 3.8) is 0 Å². The molecule has 0 spiro atoms. The van der Waals surface area contributed by atoms with E-state index >= 15 is 0 Å². The predicted octanol–water partition coefficient (Wildman–Crippen LogP) is 4.53. The van der Waals surface area contributed by atoms with Crippen LogP contribution in [0.5, 0.6) is 5.75 Å². The molecule has 2 amide bonds. The van der Waals surface area contributed by atoms with E-state index in [0.717, 1.165) is 42.3 Å². The SMILES string of the molecule is COc1ccccc1NC(=O)NCC1CCN(C=C2N=C(c3cccc4ccccc34)OC2=O)CC1. The lowest BCUT2D eigenvalue weighted by atomic mass is 9.97. The van der Waals surface area contributed by atoms with Gasteiger partial charge in [0.1, 0.15) is 5.75 Å². The van der Waals surface area contributed by atoms with Crippen molar-refractivity contribution < 1.29 is 19.1 Å². The molecule has 2 aliphatic rings. The van der Waals surface area contributed by atoms with Crippen LogP contribution in [0.25, 0.3) is 10.8 Å². The maximum Gasteiger partial charge on any atom is 0.365 e. The molecule has 0 aliphatic carbocycles. The highest BCUT2D eigenvalue weighted by Crippen LogP contribution is 2.26. The van der Waals surface area contributed by atoms with Crippen LogP contribution in [0.4, 0.5) is 10.5 Å². The molecule has 0 saturated carbocycles. The van der Waals surface area contributed by atoms with E-state index in [0.29, 0.717) is 35.5 Å². The van der Waals surface area contributed by atoms with Gasteiger partial charge in [-0.2, -0.15) is 0 Å². The van der Waals surface area contributed by atoms with Crippen LogP contribution in [0.15, 0.2) is 83.6 Å². The Bertz CT molecular complexity index is 1340. The first kappa shape index (κ1) is 23.4. The highest BCUT2D eigenvalue weighted by molar-refractivity contribution is 6.16. The Hall–Kier alpha value is -4.33. The first-order chi connectivity index (χ1) is 17.6. The molecule has 3 aromatic rings. The standard InChI is InChI=1S/C28H28N4O4/c1-35-25-12-5-4-11-23(25)31-28(34)29-17-19-13-15-32(16-14-19)18-24-27(33)36-26(30-24)22-10-6-8-20-7-2-3-9-21(20)22/h2-12,18-19H,13-17H2,1H3,(H2,29,31,34).